The van der Waals surface area contributed by atoms with Crippen LogP contribution in [0.3, 0.4) is 0 Å². The maximum absolute atomic E-state index is 10.9. The van der Waals surface area contributed by atoms with Crippen LogP contribution >= 0.6 is 12.4 Å². The maximum atomic E-state index is 10.9. The molecule has 1 aromatic heterocycles. The van der Waals surface area contributed by atoms with Gasteiger partial charge in [0, 0.05) is 0 Å². The Morgan fingerprint density at radius 1 is 1.33 bits per heavy atom. The number of benzene rings is 1. The highest BCUT2D eigenvalue weighted by atomic mass is 35.5. The summed E-state index contributed by atoms with van der Waals surface area (Å²) < 4.78 is 1.63. The lowest BCUT2D eigenvalue weighted by Gasteiger charge is -2.18. The molecule has 2 aromatic rings. The smallest absolute Gasteiger partial charge is 0.317 e. The second-order valence-electron chi connectivity index (χ2n) is 4.45. The zero-order valence-corrected chi connectivity index (χ0v) is 12.5. The van der Waals surface area contributed by atoms with Crippen molar-refractivity contribution in [1.82, 2.24) is 25.1 Å². The highest BCUT2D eigenvalue weighted by Gasteiger charge is 2.15. The van der Waals surface area contributed by atoms with Crippen molar-refractivity contribution in [2.45, 2.75) is 19.9 Å². The Bertz CT molecular complexity index is 561. The average molecular weight is 312 g/mol. The van der Waals surface area contributed by atoms with E-state index in [2.05, 4.69) is 15.5 Å². The first-order chi connectivity index (χ1) is 9.70. The van der Waals surface area contributed by atoms with Gasteiger partial charge in [0.15, 0.2) is 5.82 Å². The lowest BCUT2D eigenvalue weighted by Crippen LogP contribution is -2.31. The molecule has 0 unspecified atom stereocenters. The quantitative estimate of drug-likeness (QED) is 0.831. The molecule has 7 nitrogen and oxygen atoms in total. The number of carboxylic acids is 1. The molecule has 0 aliphatic heterocycles. The number of nitrogens with zero attached hydrogens (tertiary/aromatic N) is 5. The van der Waals surface area contributed by atoms with Gasteiger partial charge in [0.1, 0.15) is 0 Å². The summed E-state index contributed by atoms with van der Waals surface area (Å²) >= 11 is 0. The van der Waals surface area contributed by atoms with E-state index in [4.69, 9.17) is 5.11 Å². The van der Waals surface area contributed by atoms with Gasteiger partial charge < -0.3 is 5.11 Å². The number of carbonyl (C=O) groups is 1. The number of aromatic nitrogens is 4. The molecule has 8 heteroatoms. The molecule has 0 atom stereocenters. The number of para-hydroxylation sites is 1. The van der Waals surface area contributed by atoms with Crippen LogP contribution in [0.1, 0.15) is 19.2 Å². The van der Waals surface area contributed by atoms with E-state index in [-0.39, 0.29) is 19.0 Å². The third-order valence-corrected chi connectivity index (χ3v) is 2.80. The van der Waals surface area contributed by atoms with E-state index in [9.17, 15) is 4.79 Å². The molecule has 114 valence electrons. The summed E-state index contributed by atoms with van der Waals surface area (Å²) in [5.74, 6) is -0.219. The molecule has 0 aliphatic carbocycles. The molecule has 0 amide bonds. The van der Waals surface area contributed by atoms with Gasteiger partial charge in [0.2, 0.25) is 0 Å². The molecular formula is C13H18ClN5O2. The molecule has 0 saturated carbocycles. The first kappa shape index (κ1) is 17.1. The zero-order chi connectivity index (χ0) is 14.4. The van der Waals surface area contributed by atoms with Crippen molar-refractivity contribution >= 4 is 18.4 Å². The number of aliphatic carboxylic acids is 1. The monoisotopic (exact) mass is 311 g/mol. The van der Waals surface area contributed by atoms with Crippen LogP contribution in [0.4, 0.5) is 0 Å². The predicted molar refractivity (Wildman–Crippen MR) is 79.6 cm³/mol. The molecule has 1 N–H and O–H groups in total. The van der Waals surface area contributed by atoms with Crippen LogP contribution in [-0.2, 0) is 11.3 Å². The largest absolute Gasteiger partial charge is 0.480 e. The lowest BCUT2D eigenvalue weighted by atomic mass is 10.3. The summed E-state index contributed by atoms with van der Waals surface area (Å²) in [4.78, 5) is 12.7. The Balaban J connectivity index is 0.00000220. The van der Waals surface area contributed by atoms with Crippen molar-refractivity contribution in [3.8, 4) is 5.69 Å². The van der Waals surface area contributed by atoms with Gasteiger partial charge in [-0.15, -0.1) is 17.5 Å². The SMILES string of the molecule is CCCN(CC(=O)O)Cc1nnnn1-c1ccccc1.Cl. The Kier molecular flexibility index (Phi) is 6.77. The Morgan fingerprint density at radius 2 is 2.05 bits per heavy atom. The van der Waals surface area contributed by atoms with Crippen molar-refractivity contribution in [2.24, 2.45) is 0 Å². The summed E-state index contributed by atoms with van der Waals surface area (Å²) in [5, 5.41) is 20.6. The molecule has 0 aliphatic rings. The number of hydrogen-bond donors (Lipinski definition) is 1. The van der Waals surface area contributed by atoms with E-state index in [1.54, 1.807) is 4.68 Å². The van der Waals surface area contributed by atoms with E-state index in [1.807, 2.05) is 42.2 Å². The summed E-state index contributed by atoms with van der Waals surface area (Å²) in [7, 11) is 0. The molecule has 0 spiro atoms. The highest BCUT2D eigenvalue weighted by Crippen LogP contribution is 2.09. The Labute approximate surface area is 129 Å². The minimum absolute atomic E-state index is 0. The maximum Gasteiger partial charge on any atom is 0.317 e. The fourth-order valence-electron chi connectivity index (χ4n) is 2.00. The second kappa shape index (κ2) is 8.33. The number of carboxylic acid groups (broad SMARTS) is 1. The van der Waals surface area contributed by atoms with Gasteiger partial charge in [-0.05, 0) is 35.5 Å². The summed E-state index contributed by atoms with van der Waals surface area (Å²) in [5.41, 5.74) is 0.860. The predicted octanol–water partition coefficient (Wildman–Crippen LogP) is 1.38. The van der Waals surface area contributed by atoms with Crippen molar-refractivity contribution in [2.75, 3.05) is 13.1 Å². The van der Waals surface area contributed by atoms with Gasteiger partial charge in [0.25, 0.3) is 0 Å². The van der Waals surface area contributed by atoms with Crippen molar-refractivity contribution in [1.29, 1.82) is 0 Å². The molecule has 0 radical (unpaired) electrons. The molecule has 1 aromatic carbocycles. The fraction of sp³-hybridized carbons (Fsp3) is 0.385. The topological polar surface area (TPSA) is 84.1 Å². The van der Waals surface area contributed by atoms with E-state index in [0.717, 1.165) is 12.1 Å². The fourth-order valence-corrected chi connectivity index (χ4v) is 2.00. The molecule has 1 heterocycles. The number of halogens is 1. The molecule has 2 rings (SSSR count). The second-order valence-corrected chi connectivity index (χ2v) is 4.45. The Morgan fingerprint density at radius 3 is 2.67 bits per heavy atom. The van der Waals surface area contributed by atoms with Crippen LogP contribution in [0.15, 0.2) is 30.3 Å². The molecule has 0 saturated heterocycles. The normalized spacial score (nSPS) is 10.4. The minimum atomic E-state index is -0.850. The van der Waals surface area contributed by atoms with Gasteiger partial charge >= 0.3 is 5.97 Å². The number of tetrazole rings is 1. The highest BCUT2D eigenvalue weighted by molar-refractivity contribution is 5.85. The molecule has 0 bridgehead atoms. The standard InChI is InChI=1S/C13H17N5O2.ClH/c1-2-8-17(10-13(19)20)9-12-14-15-16-18(12)11-6-4-3-5-7-11;/h3-7H,2,8-10H2,1H3,(H,19,20);1H. The van der Waals surface area contributed by atoms with Gasteiger partial charge in [-0.1, -0.05) is 25.1 Å². The van der Waals surface area contributed by atoms with Crippen LogP contribution in [-0.4, -0.2) is 49.3 Å². The van der Waals surface area contributed by atoms with E-state index in [0.29, 0.717) is 18.9 Å². The number of rotatable bonds is 7. The van der Waals surface area contributed by atoms with E-state index in [1.165, 1.54) is 0 Å². The van der Waals surface area contributed by atoms with Gasteiger partial charge in [-0.25, -0.2) is 0 Å². The van der Waals surface area contributed by atoms with E-state index >= 15 is 0 Å². The zero-order valence-electron chi connectivity index (χ0n) is 11.7. The lowest BCUT2D eigenvalue weighted by molar-refractivity contribution is -0.138. The third kappa shape index (κ3) is 4.80. The van der Waals surface area contributed by atoms with E-state index < -0.39 is 5.97 Å². The third-order valence-electron chi connectivity index (χ3n) is 2.80. The first-order valence-corrected chi connectivity index (χ1v) is 6.47. The van der Waals surface area contributed by atoms with Crippen molar-refractivity contribution < 1.29 is 9.90 Å². The van der Waals surface area contributed by atoms with Crippen LogP contribution in [0.5, 0.6) is 0 Å². The minimum Gasteiger partial charge on any atom is -0.480 e. The first-order valence-electron chi connectivity index (χ1n) is 6.47. The van der Waals surface area contributed by atoms with Crippen LogP contribution in [0.25, 0.3) is 5.69 Å². The van der Waals surface area contributed by atoms with Crippen molar-refractivity contribution in [3.05, 3.63) is 36.2 Å². The van der Waals surface area contributed by atoms with Crippen LogP contribution in [0, 0.1) is 0 Å². The van der Waals surface area contributed by atoms with Crippen LogP contribution < -0.4 is 0 Å². The summed E-state index contributed by atoms with van der Waals surface area (Å²) in [6.45, 7) is 3.08. The summed E-state index contributed by atoms with van der Waals surface area (Å²) in [6.07, 6.45) is 0.875. The molecular weight excluding hydrogens is 294 g/mol. The Hall–Kier alpha value is -1.99. The van der Waals surface area contributed by atoms with Gasteiger partial charge in [-0.3, -0.25) is 9.69 Å². The summed E-state index contributed by atoms with van der Waals surface area (Å²) in [6, 6.07) is 9.54. The molecule has 21 heavy (non-hydrogen) atoms. The van der Waals surface area contributed by atoms with Crippen LogP contribution in [0.2, 0.25) is 0 Å². The number of hydrogen-bond acceptors (Lipinski definition) is 5. The average Bonchev–Trinajstić information content (AvgIpc) is 2.87. The van der Waals surface area contributed by atoms with Gasteiger partial charge in [0.05, 0.1) is 18.8 Å². The van der Waals surface area contributed by atoms with Crippen molar-refractivity contribution in [3.63, 3.8) is 0 Å². The van der Waals surface area contributed by atoms with Gasteiger partial charge in [-0.2, -0.15) is 4.68 Å². The molecule has 0 fully saturated rings.